The maximum Gasteiger partial charge on any atom is 0.0713 e. The van der Waals surface area contributed by atoms with E-state index in [-0.39, 0.29) is 0 Å². The van der Waals surface area contributed by atoms with Gasteiger partial charge < -0.3 is 9.80 Å². The maximum atomic E-state index is 2.51. The first-order valence-corrected chi connectivity index (χ1v) is 26.2. The van der Waals surface area contributed by atoms with Gasteiger partial charge in [0.25, 0.3) is 0 Å². The Hall–Kier alpha value is -9.50. The second-order valence-electron chi connectivity index (χ2n) is 19.9. The van der Waals surface area contributed by atoms with Crippen LogP contribution in [-0.2, 0) is 18.3 Å². The van der Waals surface area contributed by atoms with Crippen molar-refractivity contribution < 1.29 is 0 Å². The first kappa shape index (κ1) is 44.2. The van der Waals surface area contributed by atoms with Crippen LogP contribution in [0, 0.1) is 0 Å². The van der Waals surface area contributed by atoms with E-state index in [1.165, 1.54) is 88.7 Å². The van der Waals surface area contributed by atoms with Crippen LogP contribution in [0.15, 0.2) is 291 Å². The molecule has 0 aromatic heterocycles. The van der Waals surface area contributed by atoms with Gasteiger partial charge in [-0.15, -0.1) is 0 Å². The van der Waals surface area contributed by atoms with Crippen molar-refractivity contribution in [1.82, 2.24) is 0 Å². The average Bonchev–Trinajstić information content (AvgIpc) is 3.88. The minimum atomic E-state index is -0.485. The van der Waals surface area contributed by atoms with Crippen molar-refractivity contribution in [1.29, 1.82) is 0 Å². The van der Waals surface area contributed by atoms with Crippen molar-refractivity contribution in [3.63, 3.8) is 0 Å². The summed E-state index contributed by atoms with van der Waals surface area (Å²) >= 11 is 0. The molecule has 2 aliphatic carbocycles. The van der Waals surface area contributed by atoms with Crippen molar-refractivity contribution in [2.75, 3.05) is 9.80 Å². The summed E-state index contributed by atoms with van der Waals surface area (Å²) in [5.41, 5.74) is 24.2. The van der Waals surface area contributed by atoms with E-state index in [0.29, 0.717) is 0 Å². The van der Waals surface area contributed by atoms with Crippen LogP contribution < -0.4 is 9.80 Å². The van der Waals surface area contributed by atoms with E-state index in [1.54, 1.807) is 0 Å². The third-order valence-corrected chi connectivity index (χ3v) is 15.8. The normalized spacial score (nSPS) is 12.8. The zero-order valence-electron chi connectivity index (χ0n) is 41.5. The number of hydrogen-bond acceptors (Lipinski definition) is 2. The average molecular weight is 957 g/mol. The van der Waals surface area contributed by atoms with Crippen molar-refractivity contribution in [3.05, 3.63) is 336 Å². The van der Waals surface area contributed by atoms with E-state index in [4.69, 9.17) is 0 Å². The minimum Gasteiger partial charge on any atom is -0.310 e. The summed E-state index contributed by atoms with van der Waals surface area (Å²) < 4.78 is 0. The van der Waals surface area contributed by atoms with E-state index < -0.39 is 5.41 Å². The van der Waals surface area contributed by atoms with Crippen LogP contribution in [0.2, 0.25) is 0 Å². The van der Waals surface area contributed by atoms with Gasteiger partial charge in [-0.05, 0) is 163 Å². The Morgan fingerprint density at radius 3 is 1.33 bits per heavy atom. The smallest absolute Gasteiger partial charge is 0.0713 e. The number of anilines is 6. The molecule has 0 bridgehead atoms. The van der Waals surface area contributed by atoms with Crippen LogP contribution in [0.4, 0.5) is 34.1 Å². The standard InChI is InChI=1S/C73H52N2/c1-6-26-55(27-7-1)73(56-28-8-2-9-29-56)69-41-23-22-38-65(69)68-50-61(43-45-70(68)73)75(59-34-14-5-15-35-59)71-49-54-47-51-24-16-18-36-62(51)63-44-42-60(74(57-30-10-3-11-31-57)58-32-12-4-13-33-58)48-53(63)46-52-25-17-19-37-64(52)72(54)67-40-21-20-39-66(67)71/h1-45,48-50H,46-47H2. The van der Waals surface area contributed by atoms with Gasteiger partial charge in [0.05, 0.1) is 11.1 Å². The monoisotopic (exact) mass is 956 g/mol. The summed E-state index contributed by atoms with van der Waals surface area (Å²) in [6.45, 7) is 0. The molecule has 0 saturated carbocycles. The molecule has 0 heterocycles. The lowest BCUT2D eigenvalue weighted by molar-refractivity contribution is 0.768. The second-order valence-corrected chi connectivity index (χ2v) is 19.9. The van der Waals surface area contributed by atoms with Crippen molar-refractivity contribution in [2.45, 2.75) is 18.3 Å². The molecule has 2 nitrogen and oxygen atoms in total. The Morgan fingerprint density at radius 2 is 0.693 bits per heavy atom. The molecular formula is C73H52N2. The van der Waals surface area contributed by atoms with Crippen molar-refractivity contribution in [2.24, 2.45) is 0 Å². The first-order valence-electron chi connectivity index (χ1n) is 26.2. The Balaban J connectivity index is 0.978. The van der Waals surface area contributed by atoms with Gasteiger partial charge in [0, 0.05) is 33.8 Å². The second kappa shape index (κ2) is 18.5. The lowest BCUT2D eigenvalue weighted by atomic mass is 9.68. The number of nitrogens with zero attached hydrogens (tertiary/aromatic N) is 2. The molecule has 12 aromatic carbocycles. The molecule has 0 N–H and O–H groups in total. The van der Waals surface area contributed by atoms with Gasteiger partial charge in [-0.1, -0.05) is 224 Å². The molecule has 2 heteroatoms. The van der Waals surface area contributed by atoms with Crippen LogP contribution >= 0.6 is 0 Å². The van der Waals surface area contributed by atoms with Gasteiger partial charge in [0.15, 0.2) is 0 Å². The molecule has 354 valence electrons. The molecule has 0 amide bonds. The predicted molar refractivity (Wildman–Crippen MR) is 314 cm³/mol. The summed E-state index contributed by atoms with van der Waals surface area (Å²) in [4.78, 5) is 4.89. The van der Waals surface area contributed by atoms with Crippen LogP contribution in [0.5, 0.6) is 0 Å². The lowest BCUT2D eigenvalue weighted by Crippen LogP contribution is -2.28. The van der Waals surface area contributed by atoms with E-state index in [2.05, 4.69) is 301 Å². The highest BCUT2D eigenvalue weighted by Gasteiger charge is 2.46. The van der Waals surface area contributed by atoms with Gasteiger partial charge in [0.1, 0.15) is 0 Å². The molecule has 0 radical (unpaired) electrons. The molecule has 0 saturated heterocycles. The number of para-hydroxylation sites is 3. The van der Waals surface area contributed by atoms with E-state index in [1.807, 2.05) is 0 Å². The molecule has 12 aromatic rings. The number of benzene rings is 12. The third kappa shape index (κ3) is 7.40. The summed E-state index contributed by atoms with van der Waals surface area (Å²) in [6.07, 6.45) is 1.51. The van der Waals surface area contributed by atoms with Crippen molar-refractivity contribution >= 4 is 44.9 Å². The SMILES string of the molecule is c1ccc(N(c2ccccc2)c2ccc3c(c2)Cc2ccccc2-c2c(cc(N(c4ccccc4)c4ccc5c(c4)-c4ccccc4C5(c4ccccc4)c4ccccc4)c4ccccc24)Cc2ccccc2-3)cc1. The quantitative estimate of drug-likeness (QED) is 0.150. The van der Waals surface area contributed by atoms with Gasteiger partial charge in [-0.3, -0.25) is 0 Å². The summed E-state index contributed by atoms with van der Waals surface area (Å²) in [5, 5.41) is 2.44. The van der Waals surface area contributed by atoms with Crippen LogP contribution in [0.1, 0.15) is 44.5 Å². The fraction of sp³-hybridized carbons (Fsp3) is 0.0411. The van der Waals surface area contributed by atoms with E-state index in [9.17, 15) is 0 Å². The van der Waals surface area contributed by atoms with E-state index in [0.717, 1.165) is 47.0 Å². The van der Waals surface area contributed by atoms with Gasteiger partial charge in [-0.25, -0.2) is 0 Å². The van der Waals surface area contributed by atoms with Crippen LogP contribution in [-0.4, -0.2) is 0 Å². The molecule has 0 spiro atoms. The fourth-order valence-corrected chi connectivity index (χ4v) is 12.6. The highest BCUT2D eigenvalue weighted by molar-refractivity contribution is 6.08. The Morgan fingerprint density at radius 1 is 0.253 bits per heavy atom. The largest absolute Gasteiger partial charge is 0.310 e. The van der Waals surface area contributed by atoms with Gasteiger partial charge in [-0.2, -0.15) is 0 Å². The third-order valence-electron chi connectivity index (χ3n) is 15.8. The topological polar surface area (TPSA) is 6.48 Å². The minimum absolute atomic E-state index is 0.485. The zero-order valence-corrected chi connectivity index (χ0v) is 41.5. The zero-order chi connectivity index (χ0) is 49.7. The fourth-order valence-electron chi connectivity index (χ4n) is 12.6. The maximum absolute atomic E-state index is 2.51. The Labute approximate surface area is 439 Å². The highest BCUT2D eigenvalue weighted by atomic mass is 15.1. The number of hydrogen-bond donors (Lipinski definition) is 0. The molecule has 0 aliphatic heterocycles. The molecule has 2 aliphatic rings. The van der Waals surface area contributed by atoms with Crippen LogP contribution in [0.25, 0.3) is 44.2 Å². The summed E-state index contributed by atoms with van der Waals surface area (Å²) in [7, 11) is 0. The molecule has 0 unspecified atom stereocenters. The summed E-state index contributed by atoms with van der Waals surface area (Å²) in [6, 6.07) is 108. The number of fused-ring (bicyclic) bond motifs is 11. The van der Waals surface area contributed by atoms with Crippen molar-refractivity contribution in [3.8, 4) is 33.4 Å². The van der Waals surface area contributed by atoms with Crippen LogP contribution in [0.3, 0.4) is 0 Å². The number of rotatable bonds is 8. The molecule has 0 atom stereocenters. The first-order chi connectivity index (χ1) is 37.2. The molecule has 0 fully saturated rings. The summed E-state index contributed by atoms with van der Waals surface area (Å²) in [5.74, 6) is 0. The highest BCUT2D eigenvalue weighted by Crippen LogP contribution is 2.58. The molecule has 75 heavy (non-hydrogen) atoms. The van der Waals surface area contributed by atoms with Gasteiger partial charge in [0.2, 0.25) is 0 Å². The van der Waals surface area contributed by atoms with E-state index >= 15 is 0 Å². The Kier molecular flexibility index (Phi) is 10.9. The molecule has 14 rings (SSSR count). The molecular weight excluding hydrogens is 905 g/mol. The predicted octanol–water partition coefficient (Wildman–Crippen LogP) is 19.0. The van der Waals surface area contributed by atoms with Gasteiger partial charge >= 0.3 is 0 Å². The lowest BCUT2D eigenvalue weighted by Gasteiger charge is -2.34. The Bertz CT molecular complexity index is 3980.